The molecule has 156 valence electrons. The van der Waals surface area contributed by atoms with Gasteiger partial charge in [-0.05, 0) is 55.1 Å². The first-order chi connectivity index (χ1) is 14.0. The second-order valence-electron chi connectivity index (χ2n) is 7.63. The predicted octanol–water partition coefficient (Wildman–Crippen LogP) is 5.32. The second-order valence-corrected chi connectivity index (χ2v) is 8.64. The number of nitrogens with zero attached hydrogens (tertiary/aromatic N) is 3. The SMILES string of the molecule is Cc1ccc2nc(N(CCN(C)C)C(=O)Cc3cccc4ccccc34)sc2c1.Cl. The predicted molar refractivity (Wildman–Crippen MR) is 130 cm³/mol. The van der Waals surface area contributed by atoms with Crippen LogP contribution < -0.4 is 4.90 Å². The molecule has 1 amide bonds. The van der Waals surface area contributed by atoms with Gasteiger partial charge in [-0.25, -0.2) is 4.98 Å². The van der Waals surface area contributed by atoms with Gasteiger partial charge in [0.05, 0.1) is 16.6 Å². The number of hydrogen-bond donors (Lipinski definition) is 0. The highest BCUT2D eigenvalue weighted by Gasteiger charge is 2.21. The Hall–Kier alpha value is -2.47. The zero-order valence-electron chi connectivity index (χ0n) is 17.5. The zero-order chi connectivity index (χ0) is 20.4. The summed E-state index contributed by atoms with van der Waals surface area (Å²) in [7, 11) is 4.05. The van der Waals surface area contributed by atoms with Crippen LogP contribution in [-0.2, 0) is 11.2 Å². The van der Waals surface area contributed by atoms with Gasteiger partial charge in [0.1, 0.15) is 0 Å². The van der Waals surface area contributed by atoms with Crippen molar-refractivity contribution in [2.24, 2.45) is 0 Å². The molecule has 0 fully saturated rings. The van der Waals surface area contributed by atoms with Gasteiger partial charge in [0.15, 0.2) is 5.13 Å². The summed E-state index contributed by atoms with van der Waals surface area (Å²) in [6.45, 7) is 3.49. The van der Waals surface area contributed by atoms with E-state index < -0.39 is 0 Å². The Kier molecular flexibility index (Phi) is 7.08. The van der Waals surface area contributed by atoms with Crippen molar-refractivity contribution in [3.8, 4) is 0 Å². The van der Waals surface area contributed by atoms with Crippen molar-refractivity contribution in [3.63, 3.8) is 0 Å². The first-order valence-corrected chi connectivity index (χ1v) is 10.6. The molecule has 1 heterocycles. The smallest absolute Gasteiger partial charge is 0.233 e. The molecule has 6 heteroatoms. The summed E-state index contributed by atoms with van der Waals surface area (Å²) in [4.78, 5) is 22.1. The summed E-state index contributed by atoms with van der Waals surface area (Å²) in [5.41, 5.74) is 3.21. The first-order valence-electron chi connectivity index (χ1n) is 9.80. The van der Waals surface area contributed by atoms with E-state index in [4.69, 9.17) is 4.98 Å². The number of anilines is 1. The Morgan fingerprint density at radius 2 is 1.77 bits per heavy atom. The Labute approximate surface area is 187 Å². The fourth-order valence-electron chi connectivity index (χ4n) is 3.47. The molecular formula is C24H26ClN3OS. The van der Waals surface area contributed by atoms with Crippen LogP contribution in [-0.4, -0.2) is 43.0 Å². The number of carbonyl (C=O) groups is 1. The molecule has 0 aliphatic rings. The van der Waals surface area contributed by atoms with E-state index in [1.54, 1.807) is 11.3 Å². The van der Waals surface area contributed by atoms with E-state index in [9.17, 15) is 4.79 Å². The van der Waals surface area contributed by atoms with Gasteiger partial charge in [-0.1, -0.05) is 59.9 Å². The Balaban J connectivity index is 0.00000256. The number of halogens is 1. The molecule has 3 aromatic carbocycles. The Morgan fingerprint density at radius 3 is 2.57 bits per heavy atom. The summed E-state index contributed by atoms with van der Waals surface area (Å²) in [6.07, 6.45) is 0.365. The van der Waals surface area contributed by atoms with E-state index in [-0.39, 0.29) is 18.3 Å². The average Bonchev–Trinajstić information content (AvgIpc) is 3.11. The molecule has 0 aliphatic heterocycles. The fraction of sp³-hybridized carbons (Fsp3) is 0.250. The summed E-state index contributed by atoms with van der Waals surface area (Å²) < 4.78 is 1.12. The molecule has 0 bridgehead atoms. The highest BCUT2D eigenvalue weighted by molar-refractivity contribution is 7.22. The third kappa shape index (κ3) is 4.81. The lowest BCUT2D eigenvalue weighted by atomic mass is 10.0. The van der Waals surface area contributed by atoms with Gasteiger partial charge in [-0.3, -0.25) is 9.69 Å². The first kappa shape index (κ1) is 22.2. The van der Waals surface area contributed by atoms with E-state index >= 15 is 0 Å². The number of benzene rings is 3. The van der Waals surface area contributed by atoms with Crippen LogP contribution in [0.1, 0.15) is 11.1 Å². The minimum Gasteiger partial charge on any atom is -0.308 e. The van der Waals surface area contributed by atoms with Crippen LogP contribution in [0.4, 0.5) is 5.13 Å². The van der Waals surface area contributed by atoms with Crippen LogP contribution in [0.25, 0.3) is 21.0 Å². The highest BCUT2D eigenvalue weighted by atomic mass is 35.5. The molecule has 0 N–H and O–H groups in total. The van der Waals surface area contributed by atoms with Crippen LogP contribution in [0.15, 0.2) is 60.7 Å². The lowest BCUT2D eigenvalue weighted by Crippen LogP contribution is -2.37. The van der Waals surface area contributed by atoms with Crippen molar-refractivity contribution < 1.29 is 4.79 Å². The van der Waals surface area contributed by atoms with Crippen LogP contribution in [0.5, 0.6) is 0 Å². The molecule has 4 nitrogen and oxygen atoms in total. The van der Waals surface area contributed by atoms with E-state index in [1.165, 1.54) is 5.56 Å². The van der Waals surface area contributed by atoms with E-state index in [1.807, 2.05) is 49.3 Å². The van der Waals surface area contributed by atoms with Gasteiger partial charge in [0, 0.05) is 13.1 Å². The molecule has 0 atom stereocenters. The number of carbonyl (C=O) groups excluding carboxylic acids is 1. The van der Waals surface area contributed by atoms with Gasteiger partial charge in [-0.15, -0.1) is 12.4 Å². The number of hydrogen-bond acceptors (Lipinski definition) is 4. The minimum absolute atomic E-state index is 0. The summed E-state index contributed by atoms with van der Waals surface area (Å²) in [5, 5.41) is 3.07. The van der Waals surface area contributed by atoms with E-state index in [2.05, 4.69) is 42.2 Å². The molecule has 0 aliphatic carbocycles. The maximum Gasteiger partial charge on any atom is 0.233 e. The maximum absolute atomic E-state index is 13.4. The van der Waals surface area contributed by atoms with E-state index in [0.717, 1.165) is 38.2 Å². The maximum atomic E-state index is 13.4. The van der Waals surface area contributed by atoms with Gasteiger partial charge in [0.25, 0.3) is 0 Å². The molecule has 0 spiro atoms. The zero-order valence-corrected chi connectivity index (χ0v) is 19.1. The van der Waals surface area contributed by atoms with Crippen molar-refractivity contribution in [1.82, 2.24) is 9.88 Å². The Morgan fingerprint density at radius 1 is 1.00 bits per heavy atom. The number of amides is 1. The summed E-state index contributed by atoms with van der Waals surface area (Å²) in [6, 6.07) is 20.6. The van der Waals surface area contributed by atoms with Crippen molar-refractivity contribution in [2.45, 2.75) is 13.3 Å². The molecule has 0 saturated carbocycles. The average molecular weight is 440 g/mol. The van der Waals surface area contributed by atoms with Gasteiger partial charge < -0.3 is 4.90 Å². The van der Waals surface area contributed by atoms with Crippen LogP contribution >= 0.6 is 23.7 Å². The van der Waals surface area contributed by atoms with E-state index in [0.29, 0.717) is 13.0 Å². The van der Waals surface area contributed by atoms with Gasteiger partial charge in [-0.2, -0.15) is 0 Å². The van der Waals surface area contributed by atoms with Crippen molar-refractivity contribution in [2.75, 3.05) is 32.1 Å². The number of thiazole rings is 1. The lowest BCUT2D eigenvalue weighted by molar-refractivity contribution is -0.118. The standard InChI is InChI=1S/C24H25N3OS.ClH/c1-17-11-12-21-22(15-17)29-24(25-21)27(14-13-26(2)3)23(28)16-19-9-6-8-18-7-4-5-10-20(18)19;/h4-12,15H,13-14,16H2,1-3H3;1H. The second kappa shape index (κ2) is 9.56. The lowest BCUT2D eigenvalue weighted by Gasteiger charge is -2.22. The minimum atomic E-state index is 0. The third-order valence-corrected chi connectivity index (χ3v) is 6.10. The Bertz CT molecular complexity index is 1170. The number of aryl methyl sites for hydroxylation is 1. The van der Waals surface area contributed by atoms with Gasteiger partial charge >= 0.3 is 0 Å². The van der Waals surface area contributed by atoms with Gasteiger partial charge in [0.2, 0.25) is 5.91 Å². The molecule has 0 radical (unpaired) electrons. The molecule has 0 unspecified atom stereocenters. The molecule has 4 rings (SSSR count). The topological polar surface area (TPSA) is 36.4 Å². The summed E-state index contributed by atoms with van der Waals surface area (Å²) >= 11 is 1.59. The summed E-state index contributed by atoms with van der Waals surface area (Å²) in [5.74, 6) is 0.0824. The highest BCUT2D eigenvalue weighted by Crippen LogP contribution is 2.30. The number of fused-ring (bicyclic) bond motifs is 2. The monoisotopic (exact) mass is 439 g/mol. The molecule has 30 heavy (non-hydrogen) atoms. The quantitative estimate of drug-likeness (QED) is 0.408. The normalized spacial score (nSPS) is 11.1. The van der Waals surface area contributed by atoms with Crippen molar-refractivity contribution >= 4 is 55.8 Å². The third-order valence-electron chi connectivity index (χ3n) is 5.06. The van der Waals surface area contributed by atoms with Crippen LogP contribution in [0.3, 0.4) is 0 Å². The van der Waals surface area contributed by atoms with Crippen LogP contribution in [0.2, 0.25) is 0 Å². The molecule has 0 saturated heterocycles. The van der Waals surface area contributed by atoms with Crippen LogP contribution in [0, 0.1) is 6.92 Å². The van der Waals surface area contributed by atoms with Crippen molar-refractivity contribution in [3.05, 3.63) is 71.8 Å². The van der Waals surface area contributed by atoms with Crippen molar-refractivity contribution in [1.29, 1.82) is 0 Å². The molecule has 1 aromatic heterocycles. The fourth-order valence-corrected chi connectivity index (χ4v) is 4.57. The largest absolute Gasteiger partial charge is 0.308 e. The number of rotatable bonds is 6. The molecule has 4 aromatic rings. The number of aromatic nitrogens is 1. The number of likely N-dealkylation sites (N-methyl/N-ethyl adjacent to an activating group) is 1. The molecular weight excluding hydrogens is 414 g/mol.